The van der Waals surface area contributed by atoms with E-state index >= 15 is 0 Å². The van der Waals surface area contributed by atoms with Gasteiger partial charge in [-0.25, -0.2) is 17.9 Å². The molecule has 3 rings (SSSR count). The third-order valence-corrected chi connectivity index (χ3v) is 9.32. The van der Waals surface area contributed by atoms with Gasteiger partial charge in [-0.2, -0.15) is 18.4 Å². The van der Waals surface area contributed by atoms with Gasteiger partial charge in [0.1, 0.15) is 28.6 Å². The van der Waals surface area contributed by atoms with Crippen LogP contribution < -0.4 is 10.0 Å². The molecule has 1 fully saturated rings. The van der Waals surface area contributed by atoms with Crippen molar-refractivity contribution >= 4 is 62.1 Å². The zero-order valence-electron chi connectivity index (χ0n) is 18.7. The molecule has 21 heteroatoms. The van der Waals surface area contributed by atoms with Crippen LogP contribution >= 0.6 is 23.5 Å². The van der Waals surface area contributed by atoms with E-state index in [1.165, 1.54) is 0 Å². The molecule has 1 aromatic rings. The number of carbonyl (C=O) groups is 3. The topological polar surface area (TPSA) is 204 Å². The number of nitrogens with one attached hydrogen (secondary N) is 3. The van der Waals surface area contributed by atoms with E-state index in [0.717, 1.165) is 34.7 Å². The number of H-pyrrole nitrogens is 1. The number of tetrazole rings is 1. The molecule has 0 aliphatic carbocycles. The predicted octanol–water partition coefficient (Wildman–Crippen LogP) is -1.35. The Labute approximate surface area is 218 Å². The predicted molar refractivity (Wildman–Crippen MR) is 125 cm³/mol. The smallest absolute Gasteiger partial charge is 0.400 e. The third-order valence-electron chi connectivity index (χ3n) is 4.87. The Hall–Kier alpha value is -2.23. The molecule has 1 saturated heterocycles. The minimum atomic E-state index is -4.72. The maximum atomic E-state index is 12.8. The largest absolute Gasteiger partial charge is 0.477 e. The van der Waals surface area contributed by atoms with E-state index < -0.39 is 73.0 Å². The van der Waals surface area contributed by atoms with E-state index in [1.807, 2.05) is 0 Å². The molecule has 4 N–H and O–H groups in total. The average Bonchev–Trinajstić information content (AvgIpc) is 3.26. The average molecular weight is 608 g/mol. The number of carbonyl (C=O) groups excluding carboxylic acids is 2. The van der Waals surface area contributed by atoms with E-state index in [-0.39, 0.29) is 35.1 Å². The van der Waals surface area contributed by atoms with Crippen LogP contribution in [0.5, 0.6) is 0 Å². The Morgan fingerprint density at radius 3 is 2.68 bits per heavy atom. The van der Waals surface area contributed by atoms with Gasteiger partial charge >= 0.3 is 12.1 Å². The second-order valence-corrected chi connectivity index (χ2v) is 13.3. The molecule has 2 aliphatic rings. The van der Waals surface area contributed by atoms with E-state index in [2.05, 4.69) is 30.7 Å². The second-order valence-electron chi connectivity index (χ2n) is 7.73. The Morgan fingerprint density at radius 1 is 1.41 bits per heavy atom. The molecule has 0 saturated carbocycles. The van der Waals surface area contributed by atoms with E-state index in [0.29, 0.717) is 0 Å². The standard InChI is InChI=1S/C16H20F3N7O7S4/c1-37(32,33)20-3-2-8(35-15-22-24-25-23-15)7-4-34-13-10(12(28)26(13)11(7)14(29)30)21-9(27)5-36(31)6-16(17,18)19/h8,10,13,20H,2-6H2,1H3,(H,21,27)(H,29,30)(H,22,23,24,25)/t8?,10-,13+,36?/m1/s1. The van der Waals surface area contributed by atoms with Crippen LogP contribution in [0, 0.1) is 0 Å². The number of hydrogen-bond donors (Lipinski definition) is 4. The highest BCUT2D eigenvalue weighted by Crippen LogP contribution is 2.44. The van der Waals surface area contributed by atoms with Crippen molar-refractivity contribution in [2.75, 3.05) is 30.1 Å². The summed E-state index contributed by atoms with van der Waals surface area (Å²) >= 11 is 2.11. The number of aromatic nitrogens is 4. The number of aliphatic carboxylic acids is 1. The van der Waals surface area contributed by atoms with Gasteiger partial charge in [-0.1, -0.05) is 11.8 Å². The van der Waals surface area contributed by atoms with Gasteiger partial charge in [0.05, 0.1) is 6.26 Å². The van der Waals surface area contributed by atoms with Gasteiger partial charge in [-0.3, -0.25) is 18.7 Å². The number of amides is 2. The van der Waals surface area contributed by atoms with Crippen LogP contribution in [0.3, 0.4) is 0 Å². The number of hydrogen-bond acceptors (Lipinski definition) is 11. The number of rotatable bonds is 12. The van der Waals surface area contributed by atoms with Gasteiger partial charge in [0.2, 0.25) is 21.1 Å². The lowest BCUT2D eigenvalue weighted by Crippen LogP contribution is -2.71. The fourth-order valence-corrected chi connectivity index (χ4v) is 7.36. The molecule has 1 aromatic heterocycles. The lowest BCUT2D eigenvalue weighted by Gasteiger charge is -2.50. The Bertz CT molecular complexity index is 1210. The van der Waals surface area contributed by atoms with Crippen LogP contribution in [-0.2, 0) is 35.2 Å². The van der Waals surface area contributed by atoms with Crippen LogP contribution in [0.1, 0.15) is 6.42 Å². The number of β-lactam (4-membered cyclic amide) rings is 1. The number of aromatic amines is 1. The summed E-state index contributed by atoms with van der Waals surface area (Å²) < 4.78 is 73.8. The molecular weight excluding hydrogens is 587 g/mol. The van der Waals surface area contributed by atoms with E-state index in [4.69, 9.17) is 0 Å². The van der Waals surface area contributed by atoms with Crippen LogP contribution in [0.4, 0.5) is 13.2 Å². The molecular formula is C16H20F3N7O7S4. The van der Waals surface area contributed by atoms with Crippen molar-refractivity contribution in [3.8, 4) is 0 Å². The number of nitrogens with zero attached hydrogens (tertiary/aromatic N) is 4. The maximum absolute atomic E-state index is 12.8. The SMILES string of the molecule is CS(=O)(=O)NCCC(Sc1nn[nH]n1)C1=C(C(=O)O)N2C(=O)[C@@H](NC(=O)CS(=O)CC(F)(F)F)[C@@H]2SC1. The van der Waals surface area contributed by atoms with Gasteiger partial charge in [-0.15, -0.1) is 22.0 Å². The van der Waals surface area contributed by atoms with Crippen molar-refractivity contribution in [3.63, 3.8) is 0 Å². The van der Waals surface area contributed by atoms with Crippen molar-refractivity contribution in [2.45, 2.75) is 34.4 Å². The van der Waals surface area contributed by atoms with Crippen LogP contribution in [-0.4, -0.2) is 114 Å². The molecule has 0 bridgehead atoms. The quantitative estimate of drug-likeness (QED) is 0.161. The maximum Gasteiger partial charge on any atom is 0.400 e. The normalized spacial score (nSPS) is 21.7. The molecule has 206 valence electrons. The molecule has 2 unspecified atom stereocenters. The number of halogens is 3. The molecule has 2 amide bonds. The van der Waals surface area contributed by atoms with Crippen molar-refractivity contribution < 1.29 is 45.3 Å². The number of fused-ring (bicyclic) bond motifs is 1. The summed E-state index contributed by atoms with van der Waals surface area (Å²) in [6.45, 7) is -0.0550. The van der Waals surface area contributed by atoms with Gasteiger partial charge in [-0.05, 0) is 17.2 Å². The third kappa shape index (κ3) is 7.88. The minimum Gasteiger partial charge on any atom is -0.477 e. The van der Waals surface area contributed by atoms with Crippen molar-refractivity contribution in [2.24, 2.45) is 0 Å². The fraction of sp³-hybridized carbons (Fsp3) is 0.625. The Kier molecular flexibility index (Phi) is 9.24. The first-order chi connectivity index (χ1) is 17.2. The lowest BCUT2D eigenvalue weighted by molar-refractivity contribution is -0.150. The summed E-state index contributed by atoms with van der Waals surface area (Å²) in [6, 6.07) is -1.22. The highest BCUT2D eigenvalue weighted by atomic mass is 32.2. The van der Waals surface area contributed by atoms with Gasteiger partial charge in [0.25, 0.3) is 5.91 Å². The summed E-state index contributed by atoms with van der Waals surface area (Å²) in [7, 11) is -6.06. The summed E-state index contributed by atoms with van der Waals surface area (Å²) in [6.07, 6.45) is -3.65. The molecule has 4 atom stereocenters. The summed E-state index contributed by atoms with van der Waals surface area (Å²) in [4.78, 5) is 38.0. The van der Waals surface area contributed by atoms with Crippen LogP contribution in [0.2, 0.25) is 0 Å². The number of alkyl halides is 3. The highest BCUT2D eigenvalue weighted by molar-refractivity contribution is 8.01. The van der Waals surface area contributed by atoms with Gasteiger partial charge < -0.3 is 10.4 Å². The van der Waals surface area contributed by atoms with Crippen molar-refractivity contribution in [3.05, 3.63) is 11.3 Å². The molecule has 2 aliphatic heterocycles. The minimum absolute atomic E-state index is 0.0550. The number of carboxylic acid groups (broad SMARTS) is 1. The summed E-state index contributed by atoms with van der Waals surface area (Å²) in [5, 5.41) is 24.0. The van der Waals surface area contributed by atoms with E-state index in [9.17, 15) is 45.3 Å². The molecule has 0 aromatic carbocycles. The molecule has 14 nitrogen and oxygen atoms in total. The first-order valence-corrected chi connectivity index (χ1v) is 15.4. The highest BCUT2D eigenvalue weighted by Gasteiger charge is 2.55. The van der Waals surface area contributed by atoms with Crippen molar-refractivity contribution in [1.82, 2.24) is 35.6 Å². The number of carboxylic acids is 1. The fourth-order valence-electron chi connectivity index (χ4n) is 3.49. The number of sulfonamides is 1. The Morgan fingerprint density at radius 2 is 2.11 bits per heavy atom. The molecule has 37 heavy (non-hydrogen) atoms. The summed E-state index contributed by atoms with van der Waals surface area (Å²) in [5.41, 5.74) is -0.0801. The first kappa shape index (κ1) is 29.3. The van der Waals surface area contributed by atoms with Gasteiger partial charge in [0, 0.05) is 28.3 Å². The van der Waals surface area contributed by atoms with Crippen LogP contribution in [0.15, 0.2) is 16.4 Å². The monoisotopic (exact) mass is 607 g/mol. The first-order valence-electron chi connectivity index (χ1n) is 10.1. The van der Waals surface area contributed by atoms with Crippen LogP contribution in [0.25, 0.3) is 0 Å². The zero-order valence-corrected chi connectivity index (χ0v) is 22.0. The number of thioether (sulfide) groups is 2. The Balaban J connectivity index is 1.77. The molecule has 3 heterocycles. The lowest BCUT2D eigenvalue weighted by atomic mass is 10.0. The van der Waals surface area contributed by atoms with E-state index in [1.54, 1.807) is 0 Å². The second kappa shape index (κ2) is 11.7. The zero-order chi connectivity index (χ0) is 27.5. The molecule has 0 radical (unpaired) electrons. The molecule has 0 spiro atoms. The summed E-state index contributed by atoms with van der Waals surface area (Å²) in [5.74, 6) is -5.86. The van der Waals surface area contributed by atoms with Gasteiger partial charge in [0.15, 0.2) is 0 Å². The van der Waals surface area contributed by atoms with Crippen molar-refractivity contribution in [1.29, 1.82) is 0 Å².